The van der Waals surface area contributed by atoms with Crippen molar-refractivity contribution < 1.29 is 38.8 Å². The monoisotopic (exact) mass is 654 g/mol. The van der Waals surface area contributed by atoms with Gasteiger partial charge in [-0.1, -0.05) is 35.9 Å². The maximum absolute atomic E-state index is 13.3. The van der Waals surface area contributed by atoms with Gasteiger partial charge >= 0.3 is 11.9 Å². The molecule has 0 aromatic heterocycles. The van der Waals surface area contributed by atoms with Crippen molar-refractivity contribution in [2.75, 3.05) is 45.3 Å². The van der Waals surface area contributed by atoms with Gasteiger partial charge in [0, 0.05) is 31.7 Å². The highest BCUT2D eigenvalue weighted by Gasteiger charge is 2.43. The molecule has 2 bridgehead atoms. The Morgan fingerprint density at radius 2 is 1.93 bits per heavy atom. The third kappa shape index (κ3) is 7.67. The molecule has 11 heteroatoms. The lowest BCUT2D eigenvalue weighted by Gasteiger charge is -2.44. The minimum atomic E-state index is -2.21. The SMILES string of the molecule is COC(=O)C1(O)CC(=O)N(C)CC/C=C/[C@H](OCC(=O)O)[C@@H]2CC[C@H]2CN2CCCCc3cc(Cl)ccc3COc3ccc1cc32. The number of esters is 1. The van der Waals surface area contributed by atoms with Gasteiger partial charge in [-0.3, -0.25) is 4.79 Å². The molecule has 2 aliphatic heterocycles. The van der Waals surface area contributed by atoms with Gasteiger partial charge in [0.05, 0.1) is 25.3 Å². The van der Waals surface area contributed by atoms with Crippen molar-refractivity contribution in [1.29, 1.82) is 0 Å². The molecule has 1 aliphatic carbocycles. The number of carbonyl (C=O) groups is 3. The number of hydrogen-bond acceptors (Lipinski definition) is 8. The first-order chi connectivity index (χ1) is 22.1. The van der Waals surface area contributed by atoms with E-state index in [0.29, 0.717) is 49.1 Å². The largest absolute Gasteiger partial charge is 0.487 e. The van der Waals surface area contributed by atoms with E-state index in [2.05, 4.69) is 4.90 Å². The number of hydrogen-bond donors (Lipinski definition) is 2. The van der Waals surface area contributed by atoms with Crippen LogP contribution in [0.3, 0.4) is 0 Å². The summed E-state index contributed by atoms with van der Waals surface area (Å²) in [6, 6.07) is 10.9. The maximum Gasteiger partial charge on any atom is 0.343 e. The van der Waals surface area contributed by atoms with Crippen molar-refractivity contribution >= 4 is 35.1 Å². The van der Waals surface area contributed by atoms with Crippen molar-refractivity contribution in [3.8, 4) is 5.75 Å². The molecular formula is C35H43ClN2O8. The van der Waals surface area contributed by atoms with Gasteiger partial charge in [-0.15, -0.1) is 0 Å². The lowest BCUT2D eigenvalue weighted by molar-refractivity contribution is -0.168. The average molecular weight is 655 g/mol. The van der Waals surface area contributed by atoms with Crippen molar-refractivity contribution in [2.24, 2.45) is 11.8 Å². The fourth-order valence-corrected chi connectivity index (χ4v) is 6.85. The van der Waals surface area contributed by atoms with E-state index in [1.165, 1.54) is 12.0 Å². The Hall–Kier alpha value is -3.60. The van der Waals surface area contributed by atoms with Crippen LogP contribution in [0.2, 0.25) is 5.02 Å². The Morgan fingerprint density at radius 1 is 1.11 bits per heavy atom. The Kier molecular flexibility index (Phi) is 10.9. The highest BCUT2D eigenvalue weighted by atomic mass is 35.5. The summed E-state index contributed by atoms with van der Waals surface area (Å²) in [5, 5.41) is 21.9. The van der Waals surface area contributed by atoms with E-state index < -0.39 is 36.5 Å². The van der Waals surface area contributed by atoms with Gasteiger partial charge in [-0.05, 0) is 91.3 Å². The number of amides is 1. The van der Waals surface area contributed by atoms with E-state index in [-0.39, 0.29) is 23.5 Å². The van der Waals surface area contributed by atoms with Crippen LogP contribution in [0, 0.1) is 11.8 Å². The van der Waals surface area contributed by atoms with Crippen LogP contribution in [-0.2, 0) is 42.5 Å². The van der Waals surface area contributed by atoms with Crippen LogP contribution in [0.1, 0.15) is 55.2 Å². The Bertz CT molecular complexity index is 1460. The minimum absolute atomic E-state index is 0.104. The molecular weight excluding hydrogens is 612 g/mol. The second kappa shape index (κ2) is 14.9. The number of carboxylic acid groups (broad SMARTS) is 1. The third-order valence-corrected chi connectivity index (χ3v) is 9.75. The van der Waals surface area contributed by atoms with Gasteiger partial charge < -0.3 is 34.2 Å². The van der Waals surface area contributed by atoms with Gasteiger partial charge in [-0.25, -0.2) is 9.59 Å². The van der Waals surface area contributed by atoms with Gasteiger partial charge in [0.25, 0.3) is 0 Å². The van der Waals surface area contributed by atoms with E-state index in [1.54, 1.807) is 25.2 Å². The van der Waals surface area contributed by atoms with E-state index in [9.17, 15) is 24.6 Å². The molecule has 10 nitrogen and oxygen atoms in total. The number of aryl methyl sites for hydroxylation is 1. The van der Waals surface area contributed by atoms with Crippen molar-refractivity contribution in [2.45, 2.75) is 63.3 Å². The number of anilines is 1. The lowest BCUT2D eigenvalue weighted by Crippen LogP contribution is -2.45. The van der Waals surface area contributed by atoms with Crippen molar-refractivity contribution in [3.63, 3.8) is 0 Å². The van der Waals surface area contributed by atoms with Gasteiger partial charge in [0.1, 0.15) is 19.0 Å². The predicted molar refractivity (Wildman–Crippen MR) is 173 cm³/mol. The molecule has 3 aliphatic rings. The molecule has 1 saturated carbocycles. The van der Waals surface area contributed by atoms with Crippen molar-refractivity contribution in [3.05, 3.63) is 70.3 Å². The van der Waals surface area contributed by atoms with E-state index in [0.717, 1.165) is 43.2 Å². The first-order valence-corrected chi connectivity index (χ1v) is 16.3. The summed E-state index contributed by atoms with van der Waals surface area (Å²) in [7, 11) is 2.82. The molecule has 0 saturated heterocycles. The zero-order valence-corrected chi connectivity index (χ0v) is 27.2. The Labute approximate surface area is 274 Å². The minimum Gasteiger partial charge on any atom is -0.487 e. The molecule has 2 aromatic rings. The molecule has 1 amide bonds. The molecule has 248 valence electrons. The number of carbonyl (C=O) groups excluding carboxylic acids is 2. The standard InChI is InChI=1S/C35H43ClN2O8/c1-37-15-5-4-8-30(46-22-33(40)41)28-13-10-24(28)20-38-16-6-3-7-23-17-27(36)12-9-25(23)21-45-31-14-11-26(18-29(31)38)35(43,19-32(37)39)34(42)44-2/h4,8-9,11-12,14,17-18,24,28,30,43H,3,5-7,10,13,15-16,19-22H2,1-2H3,(H,40,41)/b8-4+/t24-,28+,30-,35?/m0/s1. The fourth-order valence-electron chi connectivity index (χ4n) is 6.66. The maximum atomic E-state index is 13.3. The summed E-state index contributed by atoms with van der Waals surface area (Å²) in [5.74, 6) is -1.47. The van der Waals surface area contributed by atoms with Crippen LogP contribution < -0.4 is 9.64 Å². The number of fused-ring (bicyclic) bond motifs is 3. The first-order valence-electron chi connectivity index (χ1n) is 15.9. The predicted octanol–water partition coefficient (Wildman–Crippen LogP) is 4.73. The number of ether oxygens (including phenoxy) is 3. The molecule has 2 aromatic carbocycles. The topological polar surface area (TPSA) is 126 Å². The number of nitrogens with zero attached hydrogens (tertiary/aromatic N) is 2. The van der Waals surface area contributed by atoms with Crippen LogP contribution in [0.5, 0.6) is 5.75 Å². The number of aliphatic hydroxyl groups is 1. The molecule has 0 spiro atoms. The Balaban J connectivity index is 1.58. The molecule has 1 fully saturated rings. The summed E-state index contributed by atoms with van der Waals surface area (Å²) in [4.78, 5) is 41.6. The van der Waals surface area contributed by atoms with Gasteiger partial charge in [-0.2, -0.15) is 0 Å². The van der Waals surface area contributed by atoms with Gasteiger partial charge in [0.15, 0.2) is 5.60 Å². The number of rotatable bonds is 4. The van der Waals surface area contributed by atoms with Crippen LogP contribution in [0.4, 0.5) is 5.69 Å². The number of methoxy groups -OCH3 is 1. The van der Waals surface area contributed by atoms with Crippen LogP contribution in [0.15, 0.2) is 48.6 Å². The summed E-state index contributed by atoms with van der Waals surface area (Å²) in [6.07, 6.45) is 7.91. The van der Waals surface area contributed by atoms with E-state index in [1.807, 2.05) is 30.4 Å². The van der Waals surface area contributed by atoms with Gasteiger partial charge in [0.2, 0.25) is 5.91 Å². The molecule has 2 heterocycles. The summed E-state index contributed by atoms with van der Waals surface area (Å²) < 4.78 is 17.4. The second-order valence-corrected chi connectivity index (χ2v) is 13.0. The van der Waals surface area contributed by atoms with Crippen LogP contribution >= 0.6 is 11.6 Å². The molecule has 4 atom stereocenters. The van der Waals surface area contributed by atoms with Crippen molar-refractivity contribution in [1.82, 2.24) is 4.90 Å². The van der Waals surface area contributed by atoms with Crippen LogP contribution in [-0.4, -0.2) is 79.5 Å². The quantitative estimate of drug-likeness (QED) is 0.356. The van der Waals surface area contributed by atoms with Crippen LogP contribution in [0.25, 0.3) is 0 Å². The molecule has 5 rings (SSSR count). The third-order valence-electron chi connectivity index (χ3n) is 9.52. The lowest BCUT2D eigenvalue weighted by atomic mass is 9.70. The summed E-state index contributed by atoms with van der Waals surface area (Å²) in [6.45, 7) is 1.57. The number of benzene rings is 2. The highest BCUT2D eigenvalue weighted by molar-refractivity contribution is 6.30. The highest BCUT2D eigenvalue weighted by Crippen LogP contribution is 2.43. The Morgan fingerprint density at radius 3 is 2.67 bits per heavy atom. The van der Waals surface area contributed by atoms with E-state index in [4.69, 9.17) is 25.8 Å². The number of carboxylic acids is 1. The zero-order chi connectivity index (χ0) is 32.8. The molecule has 0 radical (unpaired) electrons. The number of aliphatic carboxylic acids is 1. The molecule has 1 unspecified atom stereocenters. The fraction of sp³-hybridized carbons (Fsp3) is 0.514. The first kappa shape index (κ1) is 33.8. The summed E-state index contributed by atoms with van der Waals surface area (Å²) in [5.41, 5.74) is 0.908. The number of halogens is 1. The second-order valence-electron chi connectivity index (χ2n) is 12.5. The zero-order valence-electron chi connectivity index (χ0n) is 26.5. The summed E-state index contributed by atoms with van der Waals surface area (Å²) >= 11 is 6.33. The average Bonchev–Trinajstić information content (AvgIpc) is 3.05. The molecule has 2 N–H and O–H groups in total. The normalized spacial score (nSPS) is 26.3. The smallest absolute Gasteiger partial charge is 0.343 e. The molecule has 46 heavy (non-hydrogen) atoms. The van der Waals surface area contributed by atoms with E-state index >= 15 is 0 Å².